The summed E-state index contributed by atoms with van der Waals surface area (Å²) in [7, 11) is 3.11. The van der Waals surface area contributed by atoms with Crippen molar-refractivity contribution in [3.8, 4) is 17.2 Å². The summed E-state index contributed by atoms with van der Waals surface area (Å²) in [5.74, 6) is 0.807. The highest BCUT2D eigenvalue weighted by molar-refractivity contribution is 5.96. The second-order valence-corrected chi connectivity index (χ2v) is 5.97. The Labute approximate surface area is 170 Å². The highest BCUT2D eigenvalue weighted by Gasteiger charge is 2.16. The molecule has 0 aliphatic carbocycles. The van der Waals surface area contributed by atoms with Gasteiger partial charge in [-0.15, -0.1) is 0 Å². The van der Waals surface area contributed by atoms with Crippen LogP contribution in [0.25, 0.3) is 6.08 Å². The van der Waals surface area contributed by atoms with Gasteiger partial charge >= 0.3 is 5.97 Å². The zero-order chi connectivity index (χ0) is 21.2. The number of benzene rings is 2. The number of methoxy groups -OCH3 is 2. The van der Waals surface area contributed by atoms with Crippen molar-refractivity contribution >= 4 is 23.6 Å². The van der Waals surface area contributed by atoms with Crippen molar-refractivity contribution in [2.45, 2.75) is 20.0 Å². The molecule has 1 N–H and O–H groups in total. The van der Waals surface area contributed by atoms with E-state index in [1.807, 2.05) is 6.92 Å². The van der Waals surface area contributed by atoms with Gasteiger partial charge in [-0.1, -0.05) is 6.07 Å². The fraction of sp³-hybridized carbons (Fsp3) is 0.273. The Morgan fingerprint density at radius 1 is 1.03 bits per heavy atom. The number of carbonyl (C=O) groups is 2. The predicted molar refractivity (Wildman–Crippen MR) is 110 cm³/mol. The first kappa shape index (κ1) is 21.8. The summed E-state index contributed by atoms with van der Waals surface area (Å²) in [4.78, 5) is 24.2. The van der Waals surface area contributed by atoms with E-state index >= 15 is 0 Å². The van der Waals surface area contributed by atoms with Gasteiger partial charge in [0.05, 0.1) is 20.8 Å². The Balaban J connectivity index is 1.92. The highest BCUT2D eigenvalue weighted by Crippen LogP contribution is 2.28. The van der Waals surface area contributed by atoms with Crippen molar-refractivity contribution in [2.24, 2.45) is 0 Å². The van der Waals surface area contributed by atoms with Crippen LogP contribution in [0.4, 0.5) is 5.69 Å². The molecule has 29 heavy (non-hydrogen) atoms. The van der Waals surface area contributed by atoms with E-state index in [2.05, 4.69) is 5.32 Å². The second kappa shape index (κ2) is 10.8. The maximum Gasteiger partial charge on any atom is 0.331 e. The maximum absolute atomic E-state index is 12.2. The number of carbonyl (C=O) groups excluding carboxylic acids is 2. The lowest BCUT2D eigenvalue weighted by atomic mass is 10.2. The number of nitrogens with one attached hydrogen (secondary N) is 1. The Morgan fingerprint density at radius 3 is 2.38 bits per heavy atom. The maximum atomic E-state index is 12.2. The fourth-order valence-corrected chi connectivity index (χ4v) is 2.41. The van der Waals surface area contributed by atoms with Gasteiger partial charge < -0.3 is 24.3 Å². The molecule has 1 unspecified atom stereocenters. The van der Waals surface area contributed by atoms with Crippen LogP contribution in [0, 0.1) is 0 Å². The van der Waals surface area contributed by atoms with Gasteiger partial charge in [0.15, 0.2) is 17.6 Å². The summed E-state index contributed by atoms with van der Waals surface area (Å²) in [5.41, 5.74) is 1.31. The molecule has 0 radical (unpaired) electrons. The van der Waals surface area contributed by atoms with E-state index in [1.165, 1.54) is 13.0 Å². The lowest BCUT2D eigenvalue weighted by Gasteiger charge is -2.12. The van der Waals surface area contributed by atoms with Crippen LogP contribution < -0.4 is 19.5 Å². The predicted octanol–water partition coefficient (Wildman–Crippen LogP) is 3.69. The molecule has 1 amide bonds. The van der Waals surface area contributed by atoms with Crippen LogP contribution in [0.1, 0.15) is 19.4 Å². The Kier molecular flexibility index (Phi) is 8.09. The number of ether oxygens (including phenoxy) is 4. The summed E-state index contributed by atoms with van der Waals surface area (Å²) >= 11 is 0. The van der Waals surface area contributed by atoms with Crippen molar-refractivity contribution in [1.82, 2.24) is 0 Å². The van der Waals surface area contributed by atoms with Gasteiger partial charge in [-0.25, -0.2) is 4.79 Å². The normalized spacial score (nSPS) is 11.6. The van der Waals surface area contributed by atoms with Gasteiger partial charge in [-0.3, -0.25) is 4.79 Å². The Bertz CT molecular complexity index is 860. The fourth-order valence-electron chi connectivity index (χ4n) is 2.41. The summed E-state index contributed by atoms with van der Waals surface area (Å²) in [6.45, 7) is 3.91. The van der Waals surface area contributed by atoms with Crippen LogP contribution >= 0.6 is 0 Å². The molecule has 0 heterocycles. The number of rotatable bonds is 9. The molecule has 154 valence electrons. The van der Waals surface area contributed by atoms with Crippen LogP contribution in [-0.4, -0.2) is 38.8 Å². The van der Waals surface area contributed by atoms with E-state index in [1.54, 1.807) is 62.8 Å². The highest BCUT2D eigenvalue weighted by atomic mass is 16.5. The van der Waals surface area contributed by atoms with Gasteiger partial charge in [0.2, 0.25) is 0 Å². The molecule has 0 spiro atoms. The first-order valence-corrected chi connectivity index (χ1v) is 9.11. The standard InChI is InChI=1S/C22H25NO6/c1-5-28-19-12-6-16(14-20(19)27-4)7-13-21(24)29-15(2)22(25)23-17-8-10-18(26-3)11-9-17/h6-15H,5H2,1-4H3,(H,23,25)/b13-7+. The largest absolute Gasteiger partial charge is 0.497 e. The first-order chi connectivity index (χ1) is 14.0. The third kappa shape index (κ3) is 6.57. The average Bonchev–Trinajstić information content (AvgIpc) is 2.73. The van der Waals surface area contributed by atoms with Crippen molar-refractivity contribution in [1.29, 1.82) is 0 Å². The topological polar surface area (TPSA) is 83.1 Å². The van der Waals surface area contributed by atoms with Crippen molar-refractivity contribution in [2.75, 3.05) is 26.1 Å². The van der Waals surface area contributed by atoms with Gasteiger partial charge in [0.1, 0.15) is 5.75 Å². The minimum atomic E-state index is -0.955. The van der Waals surface area contributed by atoms with Crippen LogP contribution in [0.5, 0.6) is 17.2 Å². The lowest BCUT2D eigenvalue weighted by Crippen LogP contribution is -2.29. The van der Waals surface area contributed by atoms with Gasteiger partial charge in [0.25, 0.3) is 5.91 Å². The van der Waals surface area contributed by atoms with Crippen LogP contribution in [0.2, 0.25) is 0 Å². The SMILES string of the molecule is CCOc1ccc(/C=C/C(=O)OC(C)C(=O)Nc2ccc(OC)cc2)cc1OC. The molecule has 0 aromatic heterocycles. The van der Waals surface area contributed by atoms with E-state index in [0.717, 1.165) is 5.56 Å². The Morgan fingerprint density at radius 2 is 1.76 bits per heavy atom. The molecule has 2 aromatic carbocycles. The molecule has 0 saturated heterocycles. The molecule has 2 rings (SSSR count). The summed E-state index contributed by atoms with van der Waals surface area (Å²) in [5, 5.41) is 2.68. The van der Waals surface area contributed by atoms with Crippen molar-refractivity contribution < 1.29 is 28.5 Å². The molecule has 7 nitrogen and oxygen atoms in total. The molecule has 0 bridgehead atoms. The molecular weight excluding hydrogens is 374 g/mol. The van der Waals surface area contributed by atoms with Crippen LogP contribution in [-0.2, 0) is 14.3 Å². The smallest absolute Gasteiger partial charge is 0.331 e. The van der Waals surface area contributed by atoms with Gasteiger partial charge in [0, 0.05) is 11.8 Å². The minimum Gasteiger partial charge on any atom is -0.497 e. The second-order valence-electron chi connectivity index (χ2n) is 5.97. The molecule has 0 saturated carbocycles. The number of hydrogen-bond acceptors (Lipinski definition) is 6. The number of hydrogen-bond donors (Lipinski definition) is 1. The monoisotopic (exact) mass is 399 g/mol. The third-order valence-electron chi connectivity index (χ3n) is 3.92. The van der Waals surface area contributed by atoms with E-state index in [9.17, 15) is 9.59 Å². The number of anilines is 1. The molecular formula is C22H25NO6. The molecule has 0 aliphatic heterocycles. The summed E-state index contributed by atoms with van der Waals surface area (Å²) in [6, 6.07) is 12.1. The first-order valence-electron chi connectivity index (χ1n) is 9.11. The molecule has 0 aliphatic rings. The van der Waals surface area contributed by atoms with E-state index in [-0.39, 0.29) is 0 Å². The minimum absolute atomic E-state index is 0.431. The zero-order valence-corrected chi connectivity index (χ0v) is 16.9. The number of esters is 1. The summed E-state index contributed by atoms with van der Waals surface area (Å²) < 4.78 is 21.0. The van der Waals surface area contributed by atoms with Crippen LogP contribution in [0.15, 0.2) is 48.5 Å². The molecule has 2 aromatic rings. The van der Waals surface area contributed by atoms with Crippen molar-refractivity contribution in [3.05, 3.63) is 54.1 Å². The molecule has 1 atom stereocenters. The molecule has 7 heteroatoms. The van der Waals surface area contributed by atoms with E-state index < -0.39 is 18.0 Å². The van der Waals surface area contributed by atoms with Gasteiger partial charge in [-0.05, 0) is 61.9 Å². The zero-order valence-electron chi connectivity index (χ0n) is 16.9. The quantitative estimate of drug-likeness (QED) is 0.512. The average molecular weight is 399 g/mol. The van der Waals surface area contributed by atoms with E-state index in [4.69, 9.17) is 18.9 Å². The lowest BCUT2D eigenvalue weighted by molar-refractivity contribution is -0.148. The van der Waals surface area contributed by atoms with Crippen molar-refractivity contribution in [3.63, 3.8) is 0 Å². The van der Waals surface area contributed by atoms with Gasteiger partial charge in [-0.2, -0.15) is 0 Å². The summed E-state index contributed by atoms with van der Waals surface area (Å²) in [6.07, 6.45) is 1.88. The van der Waals surface area contributed by atoms with E-state index in [0.29, 0.717) is 29.5 Å². The third-order valence-corrected chi connectivity index (χ3v) is 3.92. The van der Waals surface area contributed by atoms with Crippen LogP contribution in [0.3, 0.4) is 0 Å². The molecule has 0 fully saturated rings. The Hall–Kier alpha value is -3.48. The number of amides is 1.